The zero-order valence-electron chi connectivity index (χ0n) is 19.6. The van der Waals surface area contributed by atoms with E-state index in [1.807, 2.05) is 0 Å². The molecule has 0 radical (unpaired) electrons. The van der Waals surface area contributed by atoms with E-state index in [1.54, 1.807) is 67.8 Å². The van der Waals surface area contributed by atoms with Gasteiger partial charge in [0.15, 0.2) is 19.0 Å². The molecule has 0 amide bonds. The fraction of sp³-hybridized carbons (Fsp3) is 0.240. The number of rotatable bonds is 10. The largest absolute Gasteiger partial charge is 0.482 e. The lowest BCUT2D eigenvalue weighted by Crippen LogP contribution is -2.20. The third-order valence-corrected chi connectivity index (χ3v) is 6.30. The molecule has 9 nitrogen and oxygen atoms in total. The Labute approximate surface area is 203 Å². The van der Waals surface area contributed by atoms with E-state index in [0.29, 0.717) is 34.7 Å². The van der Waals surface area contributed by atoms with E-state index in [4.69, 9.17) is 14.6 Å². The van der Waals surface area contributed by atoms with Crippen molar-refractivity contribution in [2.45, 2.75) is 32.1 Å². The number of carbonyl (C=O) groups excluding carboxylic acids is 3. The summed E-state index contributed by atoms with van der Waals surface area (Å²) in [4.78, 5) is 36.4. The quantitative estimate of drug-likeness (QED) is 0.335. The minimum Gasteiger partial charge on any atom is -0.482 e. The first-order valence-corrected chi connectivity index (χ1v) is 12.3. The maximum absolute atomic E-state index is 12.7. The molecule has 0 saturated carbocycles. The number of hydrogen-bond donors (Lipinski definition) is 1. The molecule has 184 valence electrons. The monoisotopic (exact) mass is 498 g/mol. The number of Topliss-reactive ketones (excluding diaryl/α,β-unsaturated/α-hetero) is 2. The Balaban J connectivity index is 1.60. The number of esters is 1. The summed E-state index contributed by atoms with van der Waals surface area (Å²) in [5.41, 5.74) is 2.95. The Morgan fingerprint density at radius 1 is 0.914 bits per heavy atom. The van der Waals surface area contributed by atoms with Crippen LogP contribution in [-0.2, 0) is 19.6 Å². The predicted molar refractivity (Wildman–Crippen MR) is 128 cm³/mol. The second-order valence-electron chi connectivity index (χ2n) is 7.83. The van der Waals surface area contributed by atoms with E-state index < -0.39 is 22.6 Å². The van der Waals surface area contributed by atoms with Crippen LogP contribution in [0, 0.1) is 13.8 Å². The lowest BCUT2D eigenvalue weighted by molar-refractivity contribution is -0.144. The van der Waals surface area contributed by atoms with Crippen LogP contribution in [0.1, 0.15) is 45.4 Å². The van der Waals surface area contributed by atoms with Gasteiger partial charge in [-0.05, 0) is 68.4 Å². The summed E-state index contributed by atoms with van der Waals surface area (Å²) in [6, 6.07) is 14.1. The number of hydrogen-bond acceptors (Lipinski definition) is 7. The number of benzene rings is 2. The van der Waals surface area contributed by atoms with Crippen molar-refractivity contribution in [3.8, 4) is 11.4 Å². The third kappa shape index (κ3) is 6.23. The summed E-state index contributed by atoms with van der Waals surface area (Å²) in [7, 11) is -3.81. The molecule has 2 aromatic carbocycles. The molecule has 0 aliphatic carbocycles. The second-order valence-corrected chi connectivity index (χ2v) is 9.39. The number of ketones is 2. The molecule has 3 rings (SSSR count). The summed E-state index contributed by atoms with van der Waals surface area (Å²) in [6.45, 7) is 4.47. The van der Waals surface area contributed by atoms with E-state index in [-0.39, 0.29) is 23.1 Å². The number of sulfonamides is 1. The topological polar surface area (TPSA) is 135 Å². The van der Waals surface area contributed by atoms with Gasteiger partial charge in [-0.15, -0.1) is 0 Å². The lowest BCUT2D eigenvalue weighted by atomic mass is 10.1. The minimum absolute atomic E-state index is 0.00866. The van der Waals surface area contributed by atoms with E-state index in [0.717, 1.165) is 5.69 Å². The molecule has 0 aliphatic heterocycles. The Kier molecular flexibility index (Phi) is 7.88. The number of nitrogens with zero attached hydrogens (tertiary/aromatic N) is 1. The molecular formula is C25H26N2O7S. The predicted octanol–water partition coefficient (Wildman–Crippen LogP) is 3.14. The summed E-state index contributed by atoms with van der Waals surface area (Å²) in [5.74, 6) is -0.687. The van der Waals surface area contributed by atoms with Gasteiger partial charge in [-0.2, -0.15) is 0 Å². The summed E-state index contributed by atoms with van der Waals surface area (Å²) < 4.78 is 35.2. The number of aryl methyl sites for hydroxylation is 1. The Morgan fingerprint density at radius 2 is 1.54 bits per heavy atom. The average molecular weight is 499 g/mol. The van der Waals surface area contributed by atoms with Crippen LogP contribution in [-0.4, -0.2) is 43.7 Å². The zero-order valence-corrected chi connectivity index (χ0v) is 20.4. The van der Waals surface area contributed by atoms with Gasteiger partial charge in [0.1, 0.15) is 5.75 Å². The van der Waals surface area contributed by atoms with Gasteiger partial charge in [-0.1, -0.05) is 6.92 Å². The Bertz CT molecular complexity index is 1360. The maximum Gasteiger partial charge on any atom is 0.344 e. The van der Waals surface area contributed by atoms with Gasteiger partial charge in [0, 0.05) is 34.6 Å². The van der Waals surface area contributed by atoms with Crippen molar-refractivity contribution in [1.29, 1.82) is 0 Å². The van der Waals surface area contributed by atoms with Crippen molar-refractivity contribution in [3.05, 3.63) is 77.1 Å². The third-order valence-electron chi connectivity index (χ3n) is 5.37. The normalized spacial score (nSPS) is 11.2. The van der Waals surface area contributed by atoms with Crippen molar-refractivity contribution in [2.24, 2.45) is 5.14 Å². The molecule has 0 saturated heterocycles. The second kappa shape index (κ2) is 10.7. The van der Waals surface area contributed by atoms with Crippen LogP contribution in [0.15, 0.2) is 59.5 Å². The maximum atomic E-state index is 12.7. The Morgan fingerprint density at radius 3 is 2.11 bits per heavy atom. The SMILES string of the molecule is CCC(=O)c1ccc(OCC(=O)OCC(=O)c2cc(C)n(-c3ccc(S(N)(=O)=O)cc3)c2C)cc1. The summed E-state index contributed by atoms with van der Waals surface area (Å²) in [5, 5.41) is 5.14. The van der Waals surface area contributed by atoms with Crippen LogP contribution in [0.4, 0.5) is 0 Å². The molecular weight excluding hydrogens is 472 g/mol. The molecule has 0 fully saturated rings. The van der Waals surface area contributed by atoms with Crippen LogP contribution in [0.5, 0.6) is 5.75 Å². The lowest BCUT2D eigenvalue weighted by Gasteiger charge is -2.11. The molecule has 35 heavy (non-hydrogen) atoms. The van der Waals surface area contributed by atoms with Crippen LogP contribution in [0.3, 0.4) is 0 Å². The van der Waals surface area contributed by atoms with Gasteiger partial charge in [0.05, 0.1) is 4.90 Å². The first kappa shape index (κ1) is 25.9. The highest BCUT2D eigenvalue weighted by molar-refractivity contribution is 7.89. The highest BCUT2D eigenvalue weighted by Crippen LogP contribution is 2.22. The van der Waals surface area contributed by atoms with Gasteiger partial charge in [0.2, 0.25) is 15.8 Å². The van der Waals surface area contributed by atoms with Crippen molar-refractivity contribution in [3.63, 3.8) is 0 Å². The molecule has 3 aromatic rings. The number of ether oxygens (including phenoxy) is 2. The molecule has 0 bridgehead atoms. The van der Waals surface area contributed by atoms with Gasteiger partial charge in [-0.3, -0.25) is 9.59 Å². The number of carbonyl (C=O) groups is 3. The fourth-order valence-corrected chi connectivity index (χ4v) is 4.09. The van der Waals surface area contributed by atoms with Crippen molar-refractivity contribution in [1.82, 2.24) is 4.57 Å². The number of nitrogens with two attached hydrogens (primary N) is 1. The number of aromatic nitrogens is 1. The van der Waals surface area contributed by atoms with Gasteiger partial charge >= 0.3 is 5.97 Å². The molecule has 1 aromatic heterocycles. The van der Waals surface area contributed by atoms with Gasteiger partial charge in [-0.25, -0.2) is 18.4 Å². The van der Waals surface area contributed by atoms with Crippen molar-refractivity contribution >= 4 is 27.6 Å². The summed E-state index contributed by atoms with van der Waals surface area (Å²) >= 11 is 0. The van der Waals surface area contributed by atoms with Crippen LogP contribution in [0.2, 0.25) is 0 Å². The molecule has 10 heteroatoms. The van der Waals surface area contributed by atoms with E-state index in [2.05, 4.69) is 0 Å². The highest BCUT2D eigenvalue weighted by Gasteiger charge is 2.19. The van der Waals surface area contributed by atoms with Crippen molar-refractivity contribution < 1.29 is 32.3 Å². The molecule has 1 heterocycles. The van der Waals surface area contributed by atoms with Crippen LogP contribution >= 0.6 is 0 Å². The van der Waals surface area contributed by atoms with E-state index in [1.165, 1.54) is 12.1 Å². The molecule has 0 atom stereocenters. The minimum atomic E-state index is -3.81. The van der Waals surface area contributed by atoms with Gasteiger partial charge in [0.25, 0.3) is 0 Å². The first-order valence-electron chi connectivity index (χ1n) is 10.8. The van der Waals surface area contributed by atoms with E-state index in [9.17, 15) is 22.8 Å². The Hall–Kier alpha value is -3.76. The highest BCUT2D eigenvalue weighted by atomic mass is 32.2. The zero-order chi connectivity index (χ0) is 25.8. The van der Waals surface area contributed by atoms with Crippen molar-refractivity contribution in [2.75, 3.05) is 13.2 Å². The average Bonchev–Trinajstić information content (AvgIpc) is 3.14. The fourth-order valence-electron chi connectivity index (χ4n) is 3.58. The van der Waals surface area contributed by atoms with Gasteiger partial charge < -0.3 is 14.0 Å². The van der Waals surface area contributed by atoms with E-state index >= 15 is 0 Å². The standard InChI is InChI=1S/C25H26N2O7S/c1-4-23(28)18-5-9-20(10-6-18)33-15-25(30)34-14-24(29)22-13-16(2)27(17(22)3)19-7-11-21(12-8-19)35(26,31)32/h5-13H,4,14-15H2,1-3H3,(H2,26,31,32). The number of primary sulfonamides is 1. The first-order chi connectivity index (χ1) is 16.5. The molecule has 0 aliphatic rings. The summed E-state index contributed by atoms with van der Waals surface area (Å²) in [6.07, 6.45) is 0.397. The van der Waals surface area contributed by atoms with Crippen LogP contribution in [0.25, 0.3) is 5.69 Å². The smallest absolute Gasteiger partial charge is 0.344 e. The van der Waals surface area contributed by atoms with Crippen LogP contribution < -0.4 is 9.88 Å². The molecule has 0 unspecified atom stereocenters. The molecule has 0 spiro atoms. The molecule has 2 N–H and O–H groups in total.